The van der Waals surface area contributed by atoms with Gasteiger partial charge in [-0.05, 0) is 24.5 Å². The van der Waals surface area contributed by atoms with E-state index < -0.39 is 5.97 Å². The summed E-state index contributed by atoms with van der Waals surface area (Å²) in [4.78, 5) is 15.2. The van der Waals surface area contributed by atoms with E-state index in [9.17, 15) is 9.90 Å². The van der Waals surface area contributed by atoms with Crippen LogP contribution in [0.2, 0.25) is 0 Å². The van der Waals surface area contributed by atoms with Crippen molar-refractivity contribution in [3.8, 4) is 11.3 Å². The Kier molecular flexibility index (Phi) is 3.89. The van der Waals surface area contributed by atoms with Gasteiger partial charge in [0.1, 0.15) is 5.69 Å². The Hall–Kier alpha value is -2.24. The molecule has 2 aromatic heterocycles. The van der Waals surface area contributed by atoms with Gasteiger partial charge < -0.3 is 5.11 Å². The highest BCUT2D eigenvalue weighted by atomic mass is 16.4. The van der Waals surface area contributed by atoms with Gasteiger partial charge in [0, 0.05) is 24.5 Å². The summed E-state index contributed by atoms with van der Waals surface area (Å²) in [6, 6.07) is 3.52. The molecule has 0 aliphatic rings. The van der Waals surface area contributed by atoms with E-state index in [1.165, 1.54) is 0 Å². The highest BCUT2D eigenvalue weighted by Gasteiger charge is 2.20. The van der Waals surface area contributed by atoms with Crippen molar-refractivity contribution in [1.29, 1.82) is 0 Å². The van der Waals surface area contributed by atoms with Crippen LogP contribution in [0, 0.1) is 5.92 Å². The van der Waals surface area contributed by atoms with Crippen molar-refractivity contribution >= 4 is 5.97 Å². The van der Waals surface area contributed by atoms with Crippen molar-refractivity contribution < 1.29 is 9.90 Å². The van der Waals surface area contributed by atoms with Crippen LogP contribution >= 0.6 is 0 Å². The summed E-state index contributed by atoms with van der Waals surface area (Å²) in [5, 5.41) is 16.9. The predicted octanol–water partition coefficient (Wildman–Crippen LogP) is 2.08. The van der Waals surface area contributed by atoms with Gasteiger partial charge in [0.15, 0.2) is 5.69 Å². The van der Waals surface area contributed by atoms with Gasteiger partial charge in [-0.15, -0.1) is 5.10 Å². The largest absolute Gasteiger partial charge is 0.476 e. The zero-order chi connectivity index (χ0) is 13.8. The minimum Gasteiger partial charge on any atom is -0.476 e. The van der Waals surface area contributed by atoms with Crippen molar-refractivity contribution in [2.75, 3.05) is 0 Å². The number of pyridine rings is 1. The van der Waals surface area contributed by atoms with Crippen molar-refractivity contribution in [2.24, 2.45) is 5.92 Å². The second-order valence-corrected chi connectivity index (χ2v) is 4.73. The summed E-state index contributed by atoms with van der Waals surface area (Å²) < 4.78 is 1.65. The van der Waals surface area contributed by atoms with Gasteiger partial charge in [0.2, 0.25) is 0 Å². The quantitative estimate of drug-likeness (QED) is 0.890. The molecule has 0 amide bonds. The van der Waals surface area contributed by atoms with Crippen LogP contribution < -0.4 is 0 Å². The van der Waals surface area contributed by atoms with Crippen LogP contribution in [0.1, 0.15) is 30.8 Å². The summed E-state index contributed by atoms with van der Waals surface area (Å²) in [5.41, 5.74) is 1.28. The monoisotopic (exact) mass is 260 g/mol. The van der Waals surface area contributed by atoms with E-state index in [-0.39, 0.29) is 5.69 Å². The van der Waals surface area contributed by atoms with E-state index in [4.69, 9.17) is 0 Å². The summed E-state index contributed by atoms with van der Waals surface area (Å²) in [5.74, 6) is -0.551. The SMILES string of the molecule is CC(C)CCn1nnc(C(=O)O)c1-c1ccncc1. The number of carboxylic acids is 1. The van der Waals surface area contributed by atoms with Crippen LogP contribution in [0.15, 0.2) is 24.5 Å². The third kappa shape index (κ3) is 2.96. The van der Waals surface area contributed by atoms with Gasteiger partial charge in [0.25, 0.3) is 0 Å². The molecule has 0 aliphatic carbocycles. The molecule has 100 valence electrons. The number of carbonyl (C=O) groups is 1. The Bertz CT molecular complexity index is 563. The summed E-state index contributed by atoms with van der Waals surface area (Å²) in [6.45, 7) is 4.87. The highest BCUT2D eigenvalue weighted by Crippen LogP contribution is 2.22. The van der Waals surface area contributed by atoms with Gasteiger partial charge >= 0.3 is 5.97 Å². The number of aryl methyl sites for hydroxylation is 1. The molecule has 0 fully saturated rings. The number of aromatic carboxylic acids is 1. The van der Waals surface area contributed by atoms with E-state index in [1.54, 1.807) is 29.2 Å². The van der Waals surface area contributed by atoms with Crippen LogP contribution in [0.3, 0.4) is 0 Å². The number of nitrogens with zero attached hydrogens (tertiary/aromatic N) is 4. The van der Waals surface area contributed by atoms with Gasteiger partial charge in [-0.3, -0.25) is 4.98 Å². The Morgan fingerprint density at radius 2 is 2.05 bits per heavy atom. The summed E-state index contributed by atoms with van der Waals surface area (Å²) >= 11 is 0. The maximum Gasteiger partial charge on any atom is 0.358 e. The molecule has 2 aromatic rings. The van der Waals surface area contributed by atoms with Crippen molar-refractivity contribution in [3.63, 3.8) is 0 Å². The van der Waals surface area contributed by atoms with E-state index in [0.29, 0.717) is 18.2 Å². The number of hydrogen-bond acceptors (Lipinski definition) is 4. The first-order chi connectivity index (χ1) is 9.09. The van der Waals surface area contributed by atoms with Crippen molar-refractivity contribution in [3.05, 3.63) is 30.2 Å². The lowest BCUT2D eigenvalue weighted by molar-refractivity contribution is 0.0691. The Morgan fingerprint density at radius 1 is 1.37 bits per heavy atom. The lowest BCUT2D eigenvalue weighted by Crippen LogP contribution is -2.07. The van der Waals surface area contributed by atoms with Gasteiger partial charge in [-0.1, -0.05) is 19.1 Å². The second-order valence-electron chi connectivity index (χ2n) is 4.73. The zero-order valence-corrected chi connectivity index (χ0v) is 10.9. The molecule has 0 aromatic carbocycles. The Morgan fingerprint density at radius 3 is 2.63 bits per heavy atom. The molecular weight excluding hydrogens is 244 g/mol. The average molecular weight is 260 g/mol. The van der Waals surface area contributed by atoms with Crippen LogP contribution in [0.4, 0.5) is 0 Å². The van der Waals surface area contributed by atoms with Crippen molar-refractivity contribution in [2.45, 2.75) is 26.8 Å². The van der Waals surface area contributed by atoms with Crippen LogP contribution in [0.25, 0.3) is 11.3 Å². The highest BCUT2D eigenvalue weighted by molar-refractivity contribution is 5.92. The molecule has 0 radical (unpaired) electrons. The molecule has 2 heterocycles. The molecule has 6 nitrogen and oxygen atoms in total. The van der Waals surface area contributed by atoms with Crippen LogP contribution in [0.5, 0.6) is 0 Å². The molecular formula is C13H16N4O2. The first-order valence-electron chi connectivity index (χ1n) is 6.16. The van der Waals surface area contributed by atoms with Crippen LogP contribution in [-0.2, 0) is 6.54 Å². The van der Waals surface area contributed by atoms with Crippen molar-refractivity contribution in [1.82, 2.24) is 20.0 Å². The fourth-order valence-corrected chi connectivity index (χ4v) is 1.79. The fourth-order valence-electron chi connectivity index (χ4n) is 1.79. The third-order valence-corrected chi connectivity index (χ3v) is 2.81. The lowest BCUT2D eigenvalue weighted by atomic mass is 10.1. The molecule has 0 spiro atoms. The maximum absolute atomic E-state index is 11.2. The molecule has 1 N–H and O–H groups in total. The van der Waals surface area contributed by atoms with E-state index in [1.807, 2.05) is 0 Å². The van der Waals surface area contributed by atoms with E-state index in [2.05, 4.69) is 29.1 Å². The van der Waals surface area contributed by atoms with Gasteiger partial charge in [-0.25, -0.2) is 9.48 Å². The summed E-state index contributed by atoms with van der Waals surface area (Å²) in [7, 11) is 0. The standard InChI is InChI=1S/C13H16N4O2/c1-9(2)5-8-17-12(10-3-6-14-7-4-10)11(13(18)19)15-16-17/h3-4,6-7,9H,5,8H2,1-2H3,(H,18,19). The van der Waals surface area contributed by atoms with E-state index >= 15 is 0 Å². The average Bonchev–Trinajstić information content (AvgIpc) is 2.81. The first-order valence-corrected chi connectivity index (χ1v) is 6.16. The number of hydrogen-bond donors (Lipinski definition) is 1. The second kappa shape index (κ2) is 5.60. The van der Waals surface area contributed by atoms with Gasteiger partial charge in [0.05, 0.1) is 0 Å². The molecule has 6 heteroatoms. The Labute approximate surface area is 111 Å². The number of aromatic nitrogens is 4. The maximum atomic E-state index is 11.2. The molecule has 0 atom stereocenters. The molecule has 0 saturated carbocycles. The minimum absolute atomic E-state index is 0.0186. The smallest absolute Gasteiger partial charge is 0.358 e. The molecule has 0 unspecified atom stereocenters. The zero-order valence-electron chi connectivity index (χ0n) is 10.9. The molecule has 19 heavy (non-hydrogen) atoms. The lowest BCUT2D eigenvalue weighted by Gasteiger charge is -2.08. The van der Waals surface area contributed by atoms with Crippen LogP contribution in [-0.4, -0.2) is 31.1 Å². The van der Waals surface area contributed by atoms with Gasteiger partial charge in [-0.2, -0.15) is 0 Å². The Balaban J connectivity index is 2.42. The minimum atomic E-state index is -1.07. The predicted molar refractivity (Wildman–Crippen MR) is 69.7 cm³/mol. The summed E-state index contributed by atoms with van der Waals surface area (Å²) in [6.07, 6.45) is 4.17. The molecule has 0 bridgehead atoms. The molecule has 0 aliphatic heterocycles. The molecule has 2 rings (SSSR count). The normalized spacial score (nSPS) is 10.9. The fraction of sp³-hybridized carbons (Fsp3) is 0.385. The third-order valence-electron chi connectivity index (χ3n) is 2.81. The van der Waals surface area contributed by atoms with E-state index in [0.717, 1.165) is 12.0 Å². The first kappa shape index (κ1) is 13.2. The number of carboxylic acid groups (broad SMARTS) is 1. The number of rotatable bonds is 5. The topological polar surface area (TPSA) is 80.9 Å². The molecule has 0 saturated heterocycles.